The van der Waals surface area contributed by atoms with Crippen LogP contribution in [0, 0.1) is 13.8 Å². The molecule has 0 saturated heterocycles. The molecule has 22 heavy (non-hydrogen) atoms. The molecule has 0 radical (unpaired) electrons. The summed E-state index contributed by atoms with van der Waals surface area (Å²) in [6.45, 7) is 0.962. The summed E-state index contributed by atoms with van der Waals surface area (Å²) < 4.78 is 67.0. The number of nitrogens with zero attached hydrogens (tertiary/aromatic N) is 2. The summed E-state index contributed by atoms with van der Waals surface area (Å²) in [6, 6.07) is 0. The highest BCUT2D eigenvalue weighted by molar-refractivity contribution is 7.90. The Balaban J connectivity index is 2.63. The normalized spacial score (nSPS) is 12.5. The fourth-order valence-corrected chi connectivity index (χ4v) is 3.20. The highest BCUT2D eigenvalue weighted by atomic mass is 32.2. The molecule has 1 aromatic rings. The molecule has 7 nitrogen and oxygen atoms in total. The Kier molecular flexibility index (Phi) is 5.57. The summed E-state index contributed by atoms with van der Waals surface area (Å²) in [5, 5.41) is 3.92. The molecule has 0 aliphatic carbocycles. The fourth-order valence-electron chi connectivity index (χ4n) is 1.75. The minimum absolute atomic E-state index is 0.125. The second-order valence-corrected chi connectivity index (χ2v) is 6.19. The van der Waals surface area contributed by atoms with Crippen molar-refractivity contribution in [2.24, 2.45) is 7.05 Å². The number of carbonyl (C=O) groups excluding carboxylic acids is 1. The first-order valence-corrected chi connectivity index (χ1v) is 7.62. The number of hydrogen-bond acceptors (Lipinski definition) is 5. The summed E-state index contributed by atoms with van der Waals surface area (Å²) in [6.07, 6.45) is -5.00. The second kappa shape index (κ2) is 6.65. The van der Waals surface area contributed by atoms with Gasteiger partial charge in [0.25, 0.3) is 10.0 Å². The Labute approximate surface area is 125 Å². The summed E-state index contributed by atoms with van der Waals surface area (Å²) in [7, 11) is -2.58. The van der Waals surface area contributed by atoms with Gasteiger partial charge in [-0.05, 0) is 13.8 Å². The van der Waals surface area contributed by atoms with E-state index in [2.05, 4.69) is 9.84 Å². The maximum Gasteiger partial charge on any atom is 0.411 e. The van der Waals surface area contributed by atoms with Gasteiger partial charge in [0, 0.05) is 7.05 Å². The molecular weight excluding hydrogens is 327 g/mol. The summed E-state index contributed by atoms with van der Waals surface area (Å²) in [5.41, 5.74) is 0.555. The molecule has 1 rings (SSSR count). The maximum atomic E-state index is 12.1. The Morgan fingerprint density at radius 3 is 2.41 bits per heavy atom. The van der Waals surface area contributed by atoms with Crippen LogP contribution in [0.2, 0.25) is 0 Å². The van der Waals surface area contributed by atoms with Crippen molar-refractivity contribution < 1.29 is 31.1 Å². The van der Waals surface area contributed by atoms with Gasteiger partial charge in [0.15, 0.2) is 0 Å². The third kappa shape index (κ3) is 4.98. The molecule has 0 aromatic carbocycles. The van der Waals surface area contributed by atoms with Crippen LogP contribution in [-0.4, -0.2) is 43.5 Å². The van der Waals surface area contributed by atoms with E-state index in [1.54, 1.807) is 11.8 Å². The van der Waals surface area contributed by atoms with Crippen LogP contribution < -0.4 is 4.72 Å². The average Bonchev–Trinajstić information content (AvgIpc) is 2.57. The summed E-state index contributed by atoms with van der Waals surface area (Å²) >= 11 is 0. The molecule has 0 aliphatic rings. The average molecular weight is 343 g/mol. The van der Waals surface area contributed by atoms with Crippen LogP contribution >= 0.6 is 0 Å². The smallest absolute Gasteiger partial charge is 0.372 e. The van der Waals surface area contributed by atoms with Crippen molar-refractivity contribution in [1.82, 2.24) is 14.5 Å². The van der Waals surface area contributed by atoms with Crippen molar-refractivity contribution in [1.29, 1.82) is 0 Å². The van der Waals surface area contributed by atoms with Gasteiger partial charge < -0.3 is 4.74 Å². The largest absolute Gasteiger partial charge is 0.411 e. The third-order valence-electron chi connectivity index (χ3n) is 2.70. The number of sulfonamides is 1. The summed E-state index contributed by atoms with van der Waals surface area (Å²) in [5.74, 6) is -0.954. The number of aromatic nitrogens is 2. The number of carbonyl (C=O) groups is 1. The van der Waals surface area contributed by atoms with Crippen molar-refractivity contribution in [2.45, 2.75) is 31.3 Å². The molecule has 11 heteroatoms. The third-order valence-corrected chi connectivity index (χ3v) is 4.32. The van der Waals surface area contributed by atoms with E-state index in [0.717, 1.165) is 0 Å². The standard InChI is InChI=1S/C11H16F3N3O4S/c1-7-10(8(2)17(3)15-7)22(19,20)16-9(18)4-5-21-6-11(12,13)14/h4-6H2,1-3H3,(H,16,18). The first kappa shape index (κ1) is 18.4. The zero-order valence-corrected chi connectivity index (χ0v) is 13.0. The number of hydrogen-bond donors (Lipinski definition) is 1. The highest BCUT2D eigenvalue weighted by Crippen LogP contribution is 2.18. The van der Waals surface area contributed by atoms with Crippen molar-refractivity contribution in [3.05, 3.63) is 11.4 Å². The number of halogens is 3. The van der Waals surface area contributed by atoms with E-state index < -0.39 is 41.7 Å². The Hall–Kier alpha value is -1.62. The molecule has 1 amide bonds. The van der Waals surface area contributed by atoms with Gasteiger partial charge in [-0.2, -0.15) is 18.3 Å². The Bertz CT molecular complexity index is 652. The number of aryl methyl sites for hydroxylation is 2. The van der Waals surface area contributed by atoms with Gasteiger partial charge in [0.05, 0.1) is 24.4 Å². The van der Waals surface area contributed by atoms with Crippen LogP contribution in [0.15, 0.2) is 4.90 Å². The van der Waals surface area contributed by atoms with Gasteiger partial charge in [-0.3, -0.25) is 9.48 Å². The van der Waals surface area contributed by atoms with Crippen LogP contribution in [0.5, 0.6) is 0 Å². The lowest BCUT2D eigenvalue weighted by Crippen LogP contribution is -2.32. The van der Waals surface area contributed by atoms with E-state index in [1.807, 2.05) is 0 Å². The van der Waals surface area contributed by atoms with E-state index >= 15 is 0 Å². The molecule has 0 atom stereocenters. The second-order valence-electron chi connectivity index (χ2n) is 4.57. The number of ether oxygens (including phenoxy) is 1. The van der Waals surface area contributed by atoms with Gasteiger partial charge in [-0.25, -0.2) is 13.1 Å². The van der Waals surface area contributed by atoms with Crippen molar-refractivity contribution in [3.8, 4) is 0 Å². The van der Waals surface area contributed by atoms with Crippen LogP contribution in [0.25, 0.3) is 0 Å². The van der Waals surface area contributed by atoms with E-state index in [9.17, 15) is 26.4 Å². The zero-order chi connectivity index (χ0) is 17.1. The minimum atomic E-state index is -4.49. The molecule has 1 heterocycles. The van der Waals surface area contributed by atoms with E-state index in [1.165, 1.54) is 18.5 Å². The number of rotatable bonds is 6. The van der Waals surface area contributed by atoms with E-state index in [-0.39, 0.29) is 10.6 Å². The Morgan fingerprint density at radius 2 is 1.95 bits per heavy atom. The fraction of sp³-hybridized carbons (Fsp3) is 0.636. The summed E-state index contributed by atoms with van der Waals surface area (Å²) in [4.78, 5) is 11.4. The maximum absolute atomic E-state index is 12.1. The van der Waals surface area contributed by atoms with Gasteiger partial charge in [0.1, 0.15) is 11.5 Å². The van der Waals surface area contributed by atoms with Crippen molar-refractivity contribution in [3.63, 3.8) is 0 Å². The van der Waals surface area contributed by atoms with Crippen LogP contribution in [0.3, 0.4) is 0 Å². The quantitative estimate of drug-likeness (QED) is 0.772. The molecular formula is C11H16F3N3O4S. The number of alkyl halides is 3. The lowest BCUT2D eigenvalue weighted by atomic mass is 10.4. The highest BCUT2D eigenvalue weighted by Gasteiger charge is 2.28. The van der Waals surface area contributed by atoms with Gasteiger partial charge >= 0.3 is 6.18 Å². The predicted molar refractivity (Wildman–Crippen MR) is 69.5 cm³/mol. The molecule has 0 unspecified atom stereocenters. The monoisotopic (exact) mass is 343 g/mol. The zero-order valence-electron chi connectivity index (χ0n) is 12.2. The molecule has 0 spiro atoms. The van der Waals surface area contributed by atoms with Crippen LogP contribution in [0.4, 0.5) is 13.2 Å². The van der Waals surface area contributed by atoms with E-state index in [0.29, 0.717) is 5.69 Å². The lowest BCUT2D eigenvalue weighted by molar-refractivity contribution is -0.174. The molecule has 1 N–H and O–H groups in total. The van der Waals surface area contributed by atoms with Crippen LogP contribution in [-0.2, 0) is 26.6 Å². The first-order valence-electron chi connectivity index (χ1n) is 6.14. The van der Waals surface area contributed by atoms with Gasteiger partial charge in [-0.1, -0.05) is 0 Å². The van der Waals surface area contributed by atoms with E-state index in [4.69, 9.17) is 0 Å². The lowest BCUT2D eigenvalue weighted by Gasteiger charge is -2.09. The molecule has 1 aromatic heterocycles. The SMILES string of the molecule is Cc1nn(C)c(C)c1S(=O)(=O)NC(=O)CCOCC(F)(F)F. The van der Waals surface area contributed by atoms with Gasteiger partial charge in [-0.15, -0.1) is 0 Å². The van der Waals surface area contributed by atoms with Crippen molar-refractivity contribution in [2.75, 3.05) is 13.2 Å². The molecule has 0 fully saturated rings. The topological polar surface area (TPSA) is 90.3 Å². The number of amides is 1. The molecule has 0 saturated carbocycles. The molecule has 0 bridgehead atoms. The molecule has 0 aliphatic heterocycles. The first-order chi connectivity index (χ1) is 9.94. The number of nitrogens with one attached hydrogen (secondary N) is 1. The predicted octanol–water partition coefficient (Wildman–Crippen LogP) is 0.811. The van der Waals surface area contributed by atoms with Gasteiger partial charge in [0.2, 0.25) is 5.91 Å². The minimum Gasteiger partial charge on any atom is -0.372 e. The Morgan fingerprint density at radius 1 is 1.36 bits per heavy atom. The van der Waals surface area contributed by atoms with Crippen LogP contribution in [0.1, 0.15) is 17.8 Å². The molecule has 126 valence electrons. The van der Waals surface area contributed by atoms with Crippen molar-refractivity contribution >= 4 is 15.9 Å².